The van der Waals surface area contributed by atoms with Gasteiger partial charge in [0.25, 0.3) is 0 Å². The van der Waals surface area contributed by atoms with Crippen LogP contribution in [0.15, 0.2) is 6.33 Å². The minimum Gasteiger partial charge on any atom is -0.376 e. The van der Waals surface area contributed by atoms with E-state index in [4.69, 9.17) is 4.74 Å². The smallest absolute Gasteiger partial charge is 0.137 e. The number of hydrogen-bond donors (Lipinski definition) is 1. The summed E-state index contributed by atoms with van der Waals surface area (Å²) in [6.45, 7) is 6.13. The first kappa shape index (κ1) is 15.0. The Labute approximate surface area is 121 Å². The van der Waals surface area contributed by atoms with Crippen LogP contribution in [0.25, 0.3) is 0 Å². The zero-order chi connectivity index (χ0) is 14.5. The fourth-order valence-electron chi connectivity index (χ4n) is 2.76. The van der Waals surface area contributed by atoms with Crippen molar-refractivity contribution in [1.82, 2.24) is 9.97 Å². The monoisotopic (exact) mass is 278 g/mol. The van der Waals surface area contributed by atoms with Gasteiger partial charge in [-0.25, -0.2) is 9.97 Å². The van der Waals surface area contributed by atoms with Crippen molar-refractivity contribution in [2.75, 3.05) is 37.5 Å². The molecule has 0 amide bonds. The summed E-state index contributed by atoms with van der Waals surface area (Å²) < 4.78 is 5.83. The van der Waals surface area contributed by atoms with Gasteiger partial charge in [-0.05, 0) is 25.2 Å². The third-order valence-corrected chi connectivity index (χ3v) is 3.79. The summed E-state index contributed by atoms with van der Waals surface area (Å²) in [6.07, 6.45) is 5.55. The molecule has 0 aromatic carbocycles. The lowest BCUT2D eigenvalue weighted by molar-refractivity contribution is 0.0215. The van der Waals surface area contributed by atoms with Crippen LogP contribution in [0, 0.1) is 0 Å². The minimum absolute atomic E-state index is 0.321. The molecule has 112 valence electrons. The summed E-state index contributed by atoms with van der Waals surface area (Å²) in [4.78, 5) is 11.0. The molecule has 2 heterocycles. The number of rotatable bonds is 5. The van der Waals surface area contributed by atoms with Gasteiger partial charge in [0, 0.05) is 32.8 Å². The van der Waals surface area contributed by atoms with Crippen molar-refractivity contribution in [3.05, 3.63) is 11.9 Å². The standard InChI is InChI=1S/C15H26N4O/c1-11(2)13-14(16-3)17-10-18-15(13)19(4)9-12-7-5-6-8-20-12/h10-12H,5-9H2,1-4H3,(H,16,17,18). The molecule has 0 saturated carbocycles. The second-order valence-corrected chi connectivity index (χ2v) is 5.73. The Hall–Kier alpha value is -1.36. The Morgan fingerprint density at radius 3 is 2.80 bits per heavy atom. The van der Waals surface area contributed by atoms with Gasteiger partial charge >= 0.3 is 0 Å². The molecule has 1 fully saturated rings. The second-order valence-electron chi connectivity index (χ2n) is 5.73. The molecule has 1 aliphatic rings. The topological polar surface area (TPSA) is 50.3 Å². The number of aromatic nitrogens is 2. The van der Waals surface area contributed by atoms with E-state index in [9.17, 15) is 0 Å². The zero-order valence-corrected chi connectivity index (χ0v) is 13.0. The summed E-state index contributed by atoms with van der Waals surface area (Å²) in [6, 6.07) is 0. The molecule has 1 unspecified atom stereocenters. The van der Waals surface area contributed by atoms with Crippen LogP contribution >= 0.6 is 0 Å². The van der Waals surface area contributed by atoms with Crippen LogP contribution in [0.4, 0.5) is 11.6 Å². The van der Waals surface area contributed by atoms with E-state index in [2.05, 4.69) is 41.1 Å². The number of ether oxygens (including phenoxy) is 1. The van der Waals surface area contributed by atoms with Crippen LogP contribution in [0.2, 0.25) is 0 Å². The lowest BCUT2D eigenvalue weighted by Gasteiger charge is -2.30. The SMILES string of the molecule is CNc1ncnc(N(C)CC2CCCCO2)c1C(C)C. The molecule has 5 heteroatoms. The second kappa shape index (κ2) is 6.88. The molecule has 20 heavy (non-hydrogen) atoms. The Bertz CT molecular complexity index is 430. The van der Waals surface area contributed by atoms with Gasteiger partial charge in [0.2, 0.25) is 0 Å². The number of anilines is 2. The van der Waals surface area contributed by atoms with Gasteiger partial charge in [-0.2, -0.15) is 0 Å². The molecule has 0 bridgehead atoms. The average Bonchev–Trinajstić information content (AvgIpc) is 2.47. The lowest BCUT2D eigenvalue weighted by atomic mass is 10.0. The summed E-state index contributed by atoms with van der Waals surface area (Å²) >= 11 is 0. The maximum Gasteiger partial charge on any atom is 0.137 e. The maximum absolute atomic E-state index is 5.83. The van der Waals surface area contributed by atoms with Gasteiger partial charge in [0.15, 0.2) is 0 Å². The molecular formula is C15H26N4O. The van der Waals surface area contributed by atoms with E-state index in [1.165, 1.54) is 18.4 Å². The molecule has 5 nitrogen and oxygen atoms in total. The van der Waals surface area contributed by atoms with Gasteiger partial charge in [-0.15, -0.1) is 0 Å². The molecular weight excluding hydrogens is 252 g/mol. The highest BCUT2D eigenvalue weighted by Gasteiger charge is 2.21. The highest BCUT2D eigenvalue weighted by atomic mass is 16.5. The van der Waals surface area contributed by atoms with Crippen molar-refractivity contribution < 1.29 is 4.74 Å². The Morgan fingerprint density at radius 2 is 2.20 bits per heavy atom. The van der Waals surface area contributed by atoms with Gasteiger partial charge in [-0.3, -0.25) is 0 Å². The lowest BCUT2D eigenvalue weighted by Crippen LogP contribution is -2.34. The van der Waals surface area contributed by atoms with Gasteiger partial charge in [0.1, 0.15) is 18.0 Å². The third kappa shape index (κ3) is 3.39. The zero-order valence-electron chi connectivity index (χ0n) is 13.0. The fourth-order valence-corrected chi connectivity index (χ4v) is 2.76. The molecule has 0 radical (unpaired) electrons. The van der Waals surface area contributed by atoms with Crippen molar-refractivity contribution in [1.29, 1.82) is 0 Å². The molecule has 1 atom stereocenters. The summed E-state index contributed by atoms with van der Waals surface area (Å²) in [7, 11) is 3.99. The highest BCUT2D eigenvalue weighted by Crippen LogP contribution is 2.30. The summed E-state index contributed by atoms with van der Waals surface area (Å²) in [5.41, 5.74) is 1.17. The molecule has 1 aromatic heterocycles. The van der Waals surface area contributed by atoms with Gasteiger partial charge in [-0.1, -0.05) is 13.8 Å². The van der Waals surface area contributed by atoms with E-state index < -0.39 is 0 Å². The van der Waals surface area contributed by atoms with Crippen molar-refractivity contribution in [3.8, 4) is 0 Å². The van der Waals surface area contributed by atoms with Crippen LogP contribution in [0.3, 0.4) is 0 Å². The van der Waals surface area contributed by atoms with Crippen LogP contribution in [-0.2, 0) is 4.74 Å². The van der Waals surface area contributed by atoms with E-state index in [1.54, 1.807) is 6.33 Å². The van der Waals surface area contributed by atoms with Gasteiger partial charge in [0.05, 0.1) is 6.10 Å². The van der Waals surface area contributed by atoms with Crippen molar-refractivity contribution in [3.63, 3.8) is 0 Å². The molecule has 1 aromatic rings. The average molecular weight is 278 g/mol. The van der Waals surface area contributed by atoms with Crippen molar-refractivity contribution in [2.45, 2.75) is 45.1 Å². The summed E-state index contributed by atoms with van der Waals surface area (Å²) in [5, 5.41) is 3.17. The molecule has 1 saturated heterocycles. The van der Waals surface area contributed by atoms with E-state index in [-0.39, 0.29) is 0 Å². The predicted molar refractivity (Wildman–Crippen MR) is 82.5 cm³/mol. The van der Waals surface area contributed by atoms with Crippen molar-refractivity contribution in [2.24, 2.45) is 0 Å². The third-order valence-electron chi connectivity index (χ3n) is 3.79. The number of nitrogens with zero attached hydrogens (tertiary/aromatic N) is 3. The van der Waals surface area contributed by atoms with Crippen LogP contribution in [0.1, 0.15) is 44.6 Å². The predicted octanol–water partition coefficient (Wildman–Crippen LogP) is 2.65. The first-order valence-electron chi connectivity index (χ1n) is 7.48. The fraction of sp³-hybridized carbons (Fsp3) is 0.733. The molecule has 2 rings (SSSR count). The maximum atomic E-state index is 5.83. The first-order valence-corrected chi connectivity index (χ1v) is 7.48. The van der Waals surface area contributed by atoms with E-state index in [1.807, 2.05) is 7.05 Å². The Morgan fingerprint density at radius 1 is 1.40 bits per heavy atom. The normalized spacial score (nSPS) is 19.1. The quantitative estimate of drug-likeness (QED) is 0.897. The van der Waals surface area contributed by atoms with E-state index in [0.29, 0.717) is 12.0 Å². The number of likely N-dealkylation sites (N-methyl/N-ethyl adjacent to an activating group) is 1. The Balaban J connectivity index is 2.17. The largest absolute Gasteiger partial charge is 0.376 e. The Kier molecular flexibility index (Phi) is 5.17. The first-order chi connectivity index (χ1) is 9.63. The number of hydrogen-bond acceptors (Lipinski definition) is 5. The summed E-state index contributed by atoms with van der Waals surface area (Å²) in [5.74, 6) is 2.30. The van der Waals surface area contributed by atoms with Crippen molar-refractivity contribution >= 4 is 11.6 Å². The van der Waals surface area contributed by atoms with Crippen LogP contribution < -0.4 is 10.2 Å². The van der Waals surface area contributed by atoms with Gasteiger partial charge < -0.3 is 15.0 Å². The minimum atomic E-state index is 0.321. The number of nitrogens with one attached hydrogen (secondary N) is 1. The molecule has 0 spiro atoms. The van der Waals surface area contributed by atoms with Crippen LogP contribution in [-0.4, -0.2) is 43.3 Å². The molecule has 0 aliphatic carbocycles. The van der Waals surface area contributed by atoms with E-state index >= 15 is 0 Å². The molecule has 1 N–H and O–H groups in total. The highest BCUT2D eigenvalue weighted by molar-refractivity contribution is 5.59. The van der Waals surface area contributed by atoms with E-state index in [0.717, 1.165) is 31.2 Å². The van der Waals surface area contributed by atoms with Crippen LogP contribution in [0.5, 0.6) is 0 Å². The molecule has 1 aliphatic heterocycles.